The molecule has 0 spiro atoms. The number of hydrogen-bond acceptors (Lipinski definition) is 6. The van der Waals surface area contributed by atoms with Gasteiger partial charge in [-0.3, -0.25) is 9.73 Å². The Bertz CT molecular complexity index is 802. The fourth-order valence-electron chi connectivity index (χ4n) is 2.28. The van der Waals surface area contributed by atoms with Crippen LogP contribution in [0.1, 0.15) is 18.1 Å². The summed E-state index contributed by atoms with van der Waals surface area (Å²) in [4.78, 5) is 0. The second-order valence-corrected chi connectivity index (χ2v) is 7.56. The summed E-state index contributed by atoms with van der Waals surface area (Å²) in [5.74, 6) is 0.0463. The van der Waals surface area contributed by atoms with E-state index in [1.165, 1.54) is 11.4 Å². The Balaban J connectivity index is 2.48. The topological polar surface area (TPSA) is 120 Å². The number of nitrogens with one attached hydrogen (secondary N) is 1. The Hall–Kier alpha value is -2.20. The Morgan fingerprint density at radius 3 is 2.78 bits per heavy atom. The molecule has 1 aliphatic rings. The van der Waals surface area contributed by atoms with Gasteiger partial charge in [0.1, 0.15) is 11.4 Å². The number of oxime groups is 1. The molecule has 10 heteroatoms. The molecule has 0 saturated heterocycles. The molecular formula is C13H17N5O3S2. The Labute approximate surface area is 139 Å². The molecule has 0 amide bonds. The van der Waals surface area contributed by atoms with Gasteiger partial charge in [-0.2, -0.15) is 5.10 Å². The largest absolute Gasteiger partial charge is 0.411 e. The summed E-state index contributed by atoms with van der Waals surface area (Å²) in [5.41, 5.74) is 10.6. The van der Waals surface area contributed by atoms with E-state index in [1.807, 2.05) is 6.07 Å². The van der Waals surface area contributed by atoms with E-state index >= 15 is 0 Å². The number of anilines is 1. The lowest BCUT2D eigenvalue weighted by atomic mass is 10.0. The fourth-order valence-corrected chi connectivity index (χ4v) is 3.55. The summed E-state index contributed by atoms with van der Waals surface area (Å²) in [6.45, 7) is 1.58. The number of nitrogens with two attached hydrogens (primary N) is 1. The Morgan fingerprint density at radius 2 is 2.17 bits per heavy atom. The molecule has 124 valence electrons. The van der Waals surface area contributed by atoms with Gasteiger partial charge in [-0.15, -0.1) is 0 Å². The molecular weight excluding hydrogens is 338 g/mol. The summed E-state index contributed by atoms with van der Waals surface area (Å²) < 4.78 is 25.1. The second kappa shape index (κ2) is 6.50. The molecule has 0 aromatic heterocycles. The standard InChI is InChI=1S/C13H17N5O3S2/c1-8(17-19)12(15-16-13(14)22)10-3-4-11-9(7-10)5-6-23(20,21)18(11)2/h3-4,7,19H,5-6H2,1-2H3,(H3,14,16,22). The average molecular weight is 355 g/mol. The monoisotopic (exact) mass is 355 g/mol. The minimum absolute atomic E-state index is 0.0166. The Kier molecular flexibility index (Phi) is 4.85. The highest BCUT2D eigenvalue weighted by Gasteiger charge is 2.27. The number of aryl methyl sites for hydroxylation is 1. The predicted molar refractivity (Wildman–Crippen MR) is 93.7 cm³/mol. The van der Waals surface area contributed by atoms with Gasteiger partial charge in [0.15, 0.2) is 5.11 Å². The Morgan fingerprint density at radius 1 is 1.48 bits per heavy atom. The van der Waals surface area contributed by atoms with Crippen LogP contribution in [0.4, 0.5) is 5.69 Å². The van der Waals surface area contributed by atoms with Crippen LogP contribution < -0.4 is 15.5 Å². The number of thiocarbonyl (C=S) groups is 1. The lowest BCUT2D eigenvalue weighted by Crippen LogP contribution is -2.34. The maximum absolute atomic E-state index is 11.9. The normalized spacial score (nSPS) is 17.6. The van der Waals surface area contributed by atoms with Crippen LogP contribution in [0.2, 0.25) is 0 Å². The molecule has 2 rings (SSSR count). The van der Waals surface area contributed by atoms with Crippen molar-refractivity contribution in [3.05, 3.63) is 29.3 Å². The third-order valence-electron chi connectivity index (χ3n) is 3.51. The number of rotatable bonds is 3. The zero-order chi connectivity index (χ0) is 17.2. The molecule has 0 fully saturated rings. The van der Waals surface area contributed by atoms with Gasteiger partial charge >= 0.3 is 0 Å². The third-order valence-corrected chi connectivity index (χ3v) is 5.35. The molecule has 0 aliphatic carbocycles. The number of hydrazone groups is 1. The zero-order valence-corrected chi connectivity index (χ0v) is 14.3. The highest BCUT2D eigenvalue weighted by Crippen LogP contribution is 2.29. The first-order chi connectivity index (χ1) is 10.8. The van der Waals surface area contributed by atoms with Crippen molar-refractivity contribution in [2.24, 2.45) is 16.0 Å². The number of hydrogen-bond donors (Lipinski definition) is 3. The van der Waals surface area contributed by atoms with E-state index in [0.29, 0.717) is 23.4 Å². The van der Waals surface area contributed by atoms with Gasteiger partial charge in [-0.1, -0.05) is 11.2 Å². The summed E-state index contributed by atoms with van der Waals surface area (Å²) in [5, 5.41) is 16.2. The molecule has 0 bridgehead atoms. The quantitative estimate of drug-likeness (QED) is 0.312. The van der Waals surface area contributed by atoms with Crippen LogP contribution in [0.15, 0.2) is 28.5 Å². The van der Waals surface area contributed by atoms with E-state index in [0.717, 1.165) is 5.56 Å². The van der Waals surface area contributed by atoms with Crippen LogP contribution in [0.5, 0.6) is 0 Å². The van der Waals surface area contributed by atoms with Crippen molar-refractivity contribution in [3.63, 3.8) is 0 Å². The highest BCUT2D eigenvalue weighted by molar-refractivity contribution is 7.92. The molecule has 1 aromatic carbocycles. The van der Waals surface area contributed by atoms with Crippen LogP contribution in [0, 0.1) is 0 Å². The van der Waals surface area contributed by atoms with Gasteiger partial charge in [-0.05, 0) is 43.3 Å². The minimum Gasteiger partial charge on any atom is -0.411 e. The van der Waals surface area contributed by atoms with Crippen molar-refractivity contribution in [3.8, 4) is 0 Å². The third kappa shape index (κ3) is 3.59. The van der Waals surface area contributed by atoms with Crippen LogP contribution in [-0.4, -0.2) is 43.0 Å². The molecule has 8 nitrogen and oxygen atoms in total. The van der Waals surface area contributed by atoms with Crippen molar-refractivity contribution in [2.45, 2.75) is 13.3 Å². The molecule has 0 atom stereocenters. The molecule has 1 aliphatic heterocycles. The number of sulfonamides is 1. The molecule has 0 unspecified atom stereocenters. The van der Waals surface area contributed by atoms with Gasteiger partial charge in [0.25, 0.3) is 0 Å². The molecule has 0 radical (unpaired) electrons. The summed E-state index contributed by atoms with van der Waals surface area (Å²) >= 11 is 4.71. The van der Waals surface area contributed by atoms with Crippen molar-refractivity contribution < 1.29 is 13.6 Å². The summed E-state index contributed by atoms with van der Waals surface area (Å²) in [6, 6.07) is 5.21. The van der Waals surface area contributed by atoms with Gasteiger partial charge in [0.2, 0.25) is 10.0 Å². The van der Waals surface area contributed by atoms with Crippen molar-refractivity contribution in [1.82, 2.24) is 5.43 Å². The van der Waals surface area contributed by atoms with Gasteiger partial charge < -0.3 is 10.9 Å². The smallest absolute Gasteiger partial charge is 0.235 e. The number of benzene rings is 1. The van der Waals surface area contributed by atoms with Crippen LogP contribution in [-0.2, 0) is 16.4 Å². The predicted octanol–water partition coefficient (Wildman–Crippen LogP) is 0.396. The summed E-state index contributed by atoms with van der Waals surface area (Å²) in [7, 11) is -1.73. The second-order valence-electron chi connectivity index (χ2n) is 5.00. The summed E-state index contributed by atoms with van der Waals surface area (Å²) in [6.07, 6.45) is 0.404. The lowest BCUT2D eigenvalue weighted by molar-refractivity contribution is 0.320. The van der Waals surface area contributed by atoms with E-state index in [2.05, 4.69) is 15.7 Å². The first-order valence-electron chi connectivity index (χ1n) is 6.68. The molecule has 1 heterocycles. The molecule has 1 aromatic rings. The number of fused-ring (bicyclic) bond motifs is 1. The van der Waals surface area contributed by atoms with Gasteiger partial charge in [0.05, 0.1) is 11.4 Å². The SMILES string of the molecule is CC(=NO)C(=NNC(N)=S)c1ccc2c(c1)CCS(=O)(=O)N2C. The molecule has 23 heavy (non-hydrogen) atoms. The zero-order valence-electron chi connectivity index (χ0n) is 12.6. The van der Waals surface area contributed by atoms with E-state index in [-0.39, 0.29) is 16.6 Å². The maximum atomic E-state index is 11.9. The van der Waals surface area contributed by atoms with Crippen molar-refractivity contribution >= 4 is 44.5 Å². The van der Waals surface area contributed by atoms with E-state index in [1.54, 1.807) is 19.1 Å². The average Bonchev–Trinajstić information content (AvgIpc) is 2.51. The fraction of sp³-hybridized carbons (Fsp3) is 0.308. The van der Waals surface area contributed by atoms with Gasteiger partial charge in [-0.25, -0.2) is 8.42 Å². The first-order valence-corrected chi connectivity index (χ1v) is 8.70. The van der Waals surface area contributed by atoms with Crippen LogP contribution in [0.3, 0.4) is 0 Å². The van der Waals surface area contributed by atoms with E-state index in [4.69, 9.17) is 23.2 Å². The highest BCUT2D eigenvalue weighted by atomic mass is 32.2. The van der Waals surface area contributed by atoms with Gasteiger partial charge in [0, 0.05) is 12.6 Å². The minimum atomic E-state index is -3.26. The van der Waals surface area contributed by atoms with E-state index in [9.17, 15) is 8.42 Å². The first kappa shape index (κ1) is 17.2. The van der Waals surface area contributed by atoms with Crippen molar-refractivity contribution in [1.29, 1.82) is 0 Å². The van der Waals surface area contributed by atoms with Crippen LogP contribution in [0.25, 0.3) is 0 Å². The maximum Gasteiger partial charge on any atom is 0.235 e. The number of nitrogens with zero attached hydrogens (tertiary/aromatic N) is 3. The molecule has 0 saturated carbocycles. The van der Waals surface area contributed by atoms with Crippen molar-refractivity contribution in [2.75, 3.05) is 17.1 Å². The van der Waals surface area contributed by atoms with E-state index < -0.39 is 10.0 Å². The molecule has 4 N–H and O–H groups in total. The van der Waals surface area contributed by atoms with Crippen LogP contribution >= 0.6 is 12.2 Å². The lowest BCUT2D eigenvalue weighted by Gasteiger charge is -2.27.